The van der Waals surface area contributed by atoms with E-state index in [0.717, 1.165) is 12.8 Å². The number of carbonyl (C=O) groups excluding carboxylic acids is 1. The quantitative estimate of drug-likeness (QED) is 0.558. The predicted octanol–water partition coefficient (Wildman–Crippen LogP) is 0.943. The minimum absolute atomic E-state index is 0.0157. The Hall–Kier alpha value is -2.12. The lowest BCUT2D eigenvalue weighted by Crippen LogP contribution is -2.43. The average molecular weight is 308 g/mol. The number of aliphatic carboxylic acids is 1. The second kappa shape index (κ2) is 7.77. The number of phenols is 1. The highest BCUT2D eigenvalue weighted by molar-refractivity contribution is 5.94. The second-order valence-electron chi connectivity index (χ2n) is 5.23. The highest BCUT2D eigenvalue weighted by atomic mass is 16.5. The molecule has 4 N–H and O–H groups in total. The van der Waals surface area contributed by atoms with E-state index in [0.29, 0.717) is 18.8 Å². The van der Waals surface area contributed by atoms with Gasteiger partial charge in [-0.2, -0.15) is 0 Å². The normalized spacial score (nSPS) is 18.8. The van der Waals surface area contributed by atoms with Gasteiger partial charge in [0.05, 0.1) is 12.5 Å². The first-order chi connectivity index (χ1) is 10.5. The largest absolute Gasteiger partial charge is 0.508 e. The van der Waals surface area contributed by atoms with E-state index in [1.807, 2.05) is 0 Å². The van der Waals surface area contributed by atoms with Crippen LogP contribution < -0.4 is 10.6 Å². The zero-order valence-corrected chi connectivity index (χ0v) is 12.1. The molecule has 1 aromatic carbocycles. The maximum absolute atomic E-state index is 11.9. The molecule has 1 saturated heterocycles. The highest BCUT2D eigenvalue weighted by Crippen LogP contribution is 2.14. The molecule has 7 nitrogen and oxygen atoms in total. The summed E-state index contributed by atoms with van der Waals surface area (Å²) in [6.07, 6.45) is 1.72. The number of carboxylic acids is 1. The van der Waals surface area contributed by atoms with Crippen LogP contribution in [0.25, 0.3) is 0 Å². The van der Waals surface area contributed by atoms with Crippen LogP contribution in [0, 0.1) is 0 Å². The fourth-order valence-electron chi connectivity index (χ4n) is 2.27. The van der Waals surface area contributed by atoms with E-state index in [9.17, 15) is 19.8 Å². The number of benzene rings is 1. The fourth-order valence-corrected chi connectivity index (χ4v) is 2.27. The van der Waals surface area contributed by atoms with Gasteiger partial charge in [-0.15, -0.1) is 0 Å². The molecule has 1 heterocycles. The van der Waals surface area contributed by atoms with Gasteiger partial charge in [0, 0.05) is 18.8 Å². The molecule has 0 bridgehead atoms. The molecule has 2 rings (SSSR count). The Bertz CT molecular complexity index is 511. The molecular formula is C15H20N2O5. The number of anilines is 1. The lowest BCUT2D eigenvalue weighted by Gasteiger charge is -2.17. The van der Waals surface area contributed by atoms with Gasteiger partial charge in [0.25, 0.3) is 0 Å². The van der Waals surface area contributed by atoms with Crippen molar-refractivity contribution < 1.29 is 24.5 Å². The molecule has 1 aliphatic rings. The number of phenolic OH excluding ortho intramolecular Hbond substituents is 1. The third-order valence-corrected chi connectivity index (χ3v) is 3.45. The predicted molar refractivity (Wildman–Crippen MR) is 79.8 cm³/mol. The van der Waals surface area contributed by atoms with E-state index in [1.165, 1.54) is 12.1 Å². The number of hydrogen-bond acceptors (Lipinski definition) is 5. The SMILES string of the molecule is O=C(C[C@@H](NC[C@H]1CCCO1)C(=O)O)Nc1ccc(O)cc1. The van der Waals surface area contributed by atoms with Gasteiger partial charge < -0.3 is 25.6 Å². The fraction of sp³-hybridized carbons (Fsp3) is 0.467. The van der Waals surface area contributed by atoms with Crippen molar-refractivity contribution in [2.24, 2.45) is 0 Å². The smallest absolute Gasteiger partial charge is 0.321 e. The van der Waals surface area contributed by atoms with E-state index < -0.39 is 17.9 Å². The Morgan fingerprint density at radius 3 is 2.64 bits per heavy atom. The van der Waals surface area contributed by atoms with Gasteiger partial charge >= 0.3 is 5.97 Å². The van der Waals surface area contributed by atoms with Gasteiger partial charge in [0.15, 0.2) is 0 Å². The van der Waals surface area contributed by atoms with E-state index >= 15 is 0 Å². The van der Waals surface area contributed by atoms with Crippen molar-refractivity contribution in [2.75, 3.05) is 18.5 Å². The Morgan fingerprint density at radius 1 is 1.32 bits per heavy atom. The third-order valence-electron chi connectivity index (χ3n) is 3.45. The standard InChI is InChI=1S/C15H20N2O5/c18-11-5-3-10(4-6-11)17-14(19)8-13(15(20)21)16-9-12-2-1-7-22-12/h3-6,12-13,16,18H,1-2,7-9H2,(H,17,19)(H,20,21)/t12-,13-/m1/s1. The summed E-state index contributed by atoms with van der Waals surface area (Å²) in [4.78, 5) is 23.1. The Morgan fingerprint density at radius 2 is 2.05 bits per heavy atom. The van der Waals surface area contributed by atoms with Crippen molar-refractivity contribution in [1.82, 2.24) is 5.32 Å². The first-order valence-corrected chi connectivity index (χ1v) is 7.21. The van der Waals surface area contributed by atoms with Crippen LogP contribution in [-0.4, -0.2) is 47.4 Å². The van der Waals surface area contributed by atoms with E-state index in [4.69, 9.17) is 4.74 Å². The Labute approximate surface area is 128 Å². The van der Waals surface area contributed by atoms with Crippen LogP contribution in [0.5, 0.6) is 5.75 Å². The van der Waals surface area contributed by atoms with Gasteiger partial charge in [-0.25, -0.2) is 0 Å². The number of carboxylic acid groups (broad SMARTS) is 1. The first kappa shape index (κ1) is 16.3. The van der Waals surface area contributed by atoms with E-state index in [1.54, 1.807) is 12.1 Å². The monoisotopic (exact) mass is 308 g/mol. The summed E-state index contributed by atoms with van der Waals surface area (Å²) in [5.74, 6) is -1.38. The molecule has 0 radical (unpaired) electrons. The van der Waals surface area contributed by atoms with Gasteiger partial charge in [0.1, 0.15) is 11.8 Å². The zero-order valence-electron chi connectivity index (χ0n) is 12.1. The van der Waals surface area contributed by atoms with Gasteiger partial charge in [-0.05, 0) is 37.1 Å². The van der Waals surface area contributed by atoms with Crippen molar-refractivity contribution in [3.05, 3.63) is 24.3 Å². The van der Waals surface area contributed by atoms with Crippen LogP contribution in [0.2, 0.25) is 0 Å². The number of carbonyl (C=O) groups is 2. The molecule has 0 spiro atoms. The molecule has 22 heavy (non-hydrogen) atoms. The lowest BCUT2D eigenvalue weighted by atomic mass is 10.1. The Kier molecular flexibility index (Phi) is 5.74. The topological polar surface area (TPSA) is 108 Å². The molecule has 120 valence electrons. The minimum Gasteiger partial charge on any atom is -0.508 e. The van der Waals surface area contributed by atoms with Gasteiger partial charge in [-0.3, -0.25) is 9.59 Å². The van der Waals surface area contributed by atoms with Crippen LogP contribution in [0.15, 0.2) is 24.3 Å². The summed E-state index contributed by atoms with van der Waals surface area (Å²) >= 11 is 0. The van der Waals surface area contributed by atoms with E-state index in [2.05, 4.69) is 10.6 Å². The first-order valence-electron chi connectivity index (χ1n) is 7.21. The van der Waals surface area contributed by atoms with Crippen LogP contribution >= 0.6 is 0 Å². The van der Waals surface area contributed by atoms with Crippen LogP contribution in [-0.2, 0) is 14.3 Å². The molecule has 1 aromatic rings. The zero-order chi connectivity index (χ0) is 15.9. The van der Waals surface area contributed by atoms with Gasteiger partial charge in [-0.1, -0.05) is 0 Å². The molecule has 1 aliphatic heterocycles. The number of ether oxygens (including phenoxy) is 1. The third kappa shape index (κ3) is 5.01. The van der Waals surface area contributed by atoms with Crippen LogP contribution in [0.3, 0.4) is 0 Å². The minimum atomic E-state index is -1.07. The Balaban J connectivity index is 1.82. The van der Waals surface area contributed by atoms with Gasteiger partial charge in [0.2, 0.25) is 5.91 Å². The van der Waals surface area contributed by atoms with Crippen LogP contribution in [0.4, 0.5) is 5.69 Å². The highest BCUT2D eigenvalue weighted by Gasteiger charge is 2.23. The van der Waals surface area contributed by atoms with Crippen molar-refractivity contribution >= 4 is 17.6 Å². The second-order valence-corrected chi connectivity index (χ2v) is 5.23. The molecule has 0 aliphatic carbocycles. The molecule has 0 unspecified atom stereocenters. The molecule has 0 aromatic heterocycles. The number of amides is 1. The van der Waals surface area contributed by atoms with Crippen molar-refractivity contribution in [3.63, 3.8) is 0 Å². The molecule has 1 fully saturated rings. The number of hydrogen-bond donors (Lipinski definition) is 4. The molecule has 0 saturated carbocycles. The summed E-state index contributed by atoms with van der Waals surface area (Å²) in [5, 5.41) is 23.8. The molecule has 7 heteroatoms. The van der Waals surface area contributed by atoms with E-state index in [-0.39, 0.29) is 18.3 Å². The van der Waals surface area contributed by atoms with Crippen molar-refractivity contribution in [2.45, 2.75) is 31.4 Å². The maximum Gasteiger partial charge on any atom is 0.321 e. The molecular weight excluding hydrogens is 288 g/mol. The summed E-state index contributed by atoms with van der Waals surface area (Å²) in [5.41, 5.74) is 0.506. The van der Waals surface area contributed by atoms with Crippen molar-refractivity contribution in [3.8, 4) is 5.75 Å². The average Bonchev–Trinajstić information content (AvgIpc) is 2.99. The summed E-state index contributed by atoms with van der Waals surface area (Å²) in [6.45, 7) is 1.12. The van der Waals surface area contributed by atoms with Crippen LogP contribution in [0.1, 0.15) is 19.3 Å². The lowest BCUT2D eigenvalue weighted by molar-refractivity contribution is -0.141. The molecule has 1 amide bonds. The number of rotatable bonds is 7. The molecule has 2 atom stereocenters. The number of aromatic hydroxyl groups is 1. The summed E-state index contributed by atoms with van der Waals surface area (Å²) < 4.78 is 5.42. The summed E-state index contributed by atoms with van der Waals surface area (Å²) in [7, 11) is 0. The maximum atomic E-state index is 11.9. The van der Waals surface area contributed by atoms with Crippen molar-refractivity contribution in [1.29, 1.82) is 0 Å². The summed E-state index contributed by atoms with van der Waals surface area (Å²) in [6, 6.07) is 5.02. The number of nitrogens with one attached hydrogen (secondary N) is 2.